The van der Waals surface area contributed by atoms with Crippen LogP contribution >= 0.6 is 12.2 Å². The lowest BCUT2D eigenvalue weighted by atomic mass is 10.3. The normalized spacial score (nSPS) is 11.2. The zero-order valence-electron chi connectivity index (χ0n) is 9.59. The molecule has 0 spiro atoms. The summed E-state index contributed by atoms with van der Waals surface area (Å²) in [6.45, 7) is 0.348. The lowest BCUT2D eigenvalue weighted by Crippen LogP contribution is -2.03. The maximum absolute atomic E-state index is 13.8. The number of imidazole rings is 1. The van der Waals surface area contributed by atoms with Gasteiger partial charge in [0.1, 0.15) is 17.7 Å². The van der Waals surface area contributed by atoms with Crippen molar-refractivity contribution >= 4 is 23.3 Å². The highest BCUT2D eigenvalue weighted by Crippen LogP contribution is 2.18. The molecule has 0 bridgehead atoms. The van der Waals surface area contributed by atoms with Gasteiger partial charge in [-0.2, -0.15) is 5.10 Å². The molecule has 3 aromatic rings. The van der Waals surface area contributed by atoms with Gasteiger partial charge in [-0.25, -0.2) is 9.37 Å². The number of hydrogen-bond acceptors (Lipinski definition) is 3. The van der Waals surface area contributed by atoms with Crippen molar-refractivity contribution in [3.05, 3.63) is 40.9 Å². The maximum Gasteiger partial charge on any atom is 0.178 e. The first kappa shape index (κ1) is 11.1. The van der Waals surface area contributed by atoms with Crippen molar-refractivity contribution in [1.82, 2.24) is 24.3 Å². The number of benzene rings is 1. The van der Waals surface area contributed by atoms with Gasteiger partial charge in [-0.1, -0.05) is 6.07 Å². The predicted octanol–water partition coefficient (Wildman–Crippen LogP) is 2.01. The van der Waals surface area contributed by atoms with Crippen LogP contribution in [-0.2, 0) is 13.6 Å². The van der Waals surface area contributed by atoms with Crippen molar-refractivity contribution in [2.24, 2.45) is 7.05 Å². The summed E-state index contributed by atoms with van der Waals surface area (Å²) in [5.74, 6) is 0.286. The van der Waals surface area contributed by atoms with E-state index in [4.69, 9.17) is 12.2 Å². The zero-order valence-corrected chi connectivity index (χ0v) is 10.4. The standard InChI is InChI=1S/C11H10FN5S/c1-16-6-13-9(15-16)5-17-10-7(12)3-2-4-8(10)14-11(17)18/h2-4,6H,5H2,1H3,(H,14,18). The van der Waals surface area contributed by atoms with Gasteiger partial charge in [-0.15, -0.1) is 0 Å². The lowest BCUT2D eigenvalue weighted by molar-refractivity contribution is 0.624. The average Bonchev–Trinajstić information content (AvgIpc) is 2.85. The fourth-order valence-electron chi connectivity index (χ4n) is 1.92. The summed E-state index contributed by atoms with van der Waals surface area (Å²) in [6, 6.07) is 4.84. The molecule has 7 heteroatoms. The Balaban J connectivity index is 2.16. The zero-order chi connectivity index (χ0) is 12.7. The molecule has 5 nitrogen and oxygen atoms in total. The second-order valence-corrected chi connectivity index (χ2v) is 4.37. The van der Waals surface area contributed by atoms with Crippen LogP contribution in [0.15, 0.2) is 24.5 Å². The molecule has 0 radical (unpaired) electrons. The van der Waals surface area contributed by atoms with Crippen molar-refractivity contribution in [2.75, 3.05) is 0 Å². The Kier molecular flexibility index (Phi) is 2.48. The van der Waals surface area contributed by atoms with E-state index in [9.17, 15) is 4.39 Å². The summed E-state index contributed by atoms with van der Waals surface area (Å²) in [4.78, 5) is 7.09. The third kappa shape index (κ3) is 1.72. The Bertz CT molecular complexity index is 769. The van der Waals surface area contributed by atoms with E-state index in [1.807, 2.05) is 0 Å². The molecule has 2 aromatic heterocycles. The first-order chi connectivity index (χ1) is 8.65. The predicted molar refractivity (Wildman–Crippen MR) is 67.2 cm³/mol. The molecule has 3 rings (SSSR count). The minimum Gasteiger partial charge on any atom is -0.330 e. The van der Waals surface area contributed by atoms with Crippen LogP contribution in [0.4, 0.5) is 4.39 Å². The van der Waals surface area contributed by atoms with Gasteiger partial charge >= 0.3 is 0 Å². The SMILES string of the molecule is Cn1cnc(Cn2c(=S)[nH]c3cccc(F)c32)n1. The van der Waals surface area contributed by atoms with Crippen LogP contribution in [-0.4, -0.2) is 24.3 Å². The number of para-hydroxylation sites is 1. The fraction of sp³-hybridized carbons (Fsp3) is 0.182. The van der Waals surface area contributed by atoms with Gasteiger partial charge in [0.15, 0.2) is 10.6 Å². The van der Waals surface area contributed by atoms with E-state index in [1.54, 1.807) is 34.8 Å². The highest BCUT2D eigenvalue weighted by Gasteiger charge is 2.11. The number of aromatic nitrogens is 5. The molecule has 18 heavy (non-hydrogen) atoms. The number of hydrogen-bond donors (Lipinski definition) is 1. The number of rotatable bonds is 2. The summed E-state index contributed by atoms with van der Waals surface area (Å²) in [5, 5.41) is 4.17. The van der Waals surface area contributed by atoms with E-state index in [1.165, 1.54) is 6.07 Å². The van der Waals surface area contributed by atoms with Crippen LogP contribution in [0, 0.1) is 10.6 Å². The molecule has 0 amide bonds. The van der Waals surface area contributed by atoms with Crippen LogP contribution < -0.4 is 0 Å². The largest absolute Gasteiger partial charge is 0.330 e. The Morgan fingerprint density at radius 1 is 1.44 bits per heavy atom. The lowest BCUT2D eigenvalue weighted by Gasteiger charge is -2.01. The van der Waals surface area contributed by atoms with E-state index in [-0.39, 0.29) is 5.82 Å². The van der Waals surface area contributed by atoms with Gasteiger partial charge < -0.3 is 9.55 Å². The molecule has 0 unspecified atom stereocenters. The first-order valence-electron chi connectivity index (χ1n) is 5.36. The molecular weight excluding hydrogens is 253 g/mol. The van der Waals surface area contributed by atoms with Crippen molar-refractivity contribution < 1.29 is 4.39 Å². The van der Waals surface area contributed by atoms with Gasteiger partial charge in [0.05, 0.1) is 12.1 Å². The summed E-state index contributed by atoms with van der Waals surface area (Å²) < 4.78 is 17.6. The van der Waals surface area contributed by atoms with Crippen molar-refractivity contribution in [1.29, 1.82) is 0 Å². The van der Waals surface area contributed by atoms with Crippen LogP contribution in [0.1, 0.15) is 5.82 Å². The van der Waals surface area contributed by atoms with Crippen LogP contribution in [0.3, 0.4) is 0 Å². The van der Waals surface area contributed by atoms with E-state index in [0.717, 1.165) is 0 Å². The third-order valence-electron chi connectivity index (χ3n) is 2.69. The summed E-state index contributed by atoms with van der Waals surface area (Å²) in [7, 11) is 1.78. The molecule has 0 atom stereocenters. The van der Waals surface area contributed by atoms with Crippen LogP contribution in [0.2, 0.25) is 0 Å². The van der Waals surface area contributed by atoms with Gasteiger partial charge in [0, 0.05) is 7.05 Å². The molecule has 1 aromatic carbocycles. The van der Waals surface area contributed by atoms with Crippen LogP contribution in [0.25, 0.3) is 11.0 Å². The molecule has 0 aliphatic heterocycles. The monoisotopic (exact) mass is 263 g/mol. The molecule has 92 valence electrons. The molecular formula is C11H10FN5S. The van der Waals surface area contributed by atoms with Crippen LogP contribution in [0.5, 0.6) is 0 Å². The highest BCUT2D eigenvalue weighted by atomic mass is 32.1. The van der Waals surface area contributed by atoms with E-state index in [0.29, 0.717) is 28.2 Å². The minimum atomic E-state index is -0.309. The highest BCUT2D eigenvalue weighted by molar-refractivity contribution is 7.71. The van der Waals surface area contributed by atoms with Crippen molar-refractivity contribution in [3.63, 3.8) is 0 Å². The Labute approximate surface area is 107 Å². The number of aromatic amines is 1. The number of aryl methyl sites for hydroxylation is 1. The van der Waals surface area contributed by atoms with Crippen molar-refractivity contribution in [3.8, 4) is 0 Å². The average molecular weight is 263 g/mol. The number of H-pyrrole nitrogens is 1. The summed E-state index contributed by atoms with van der Waals surface area (Å²) >= 11 is 5.20. The topological polar surface area (TPSA) is 51.4 Å². The van der Waals surface area contributed by atoms with Gasteiger partial charge in [-0.05, 0) is 24.4 Å². The molecule has 0 aliphatic rings. The molecule has 0 aliphatic carbocycles. The fourth-order valence-corrected chi connectivity index (χ4v) is 2.19. The Morgan fingerprint density at radius 2 is 2.28 bits per heavy atom. The van der Waals surface area contributed by atoms with Gasteiger partial charge in [-0.3, -0.25) is 4.68 Å². The van der Waals surface area contributed by atoms with E-state index >= 15 is 0 Å². The molecule has 0 saturated carbocycles. The smallest absolute Gasteiger partial charge is 0.178 e. The van der Waals surface area contributed by atoms with E-state index in [2.05, 4.69) is 15.1 Å². The summed E-state index contributed by atoms with van der Waals surface area (Å²) in [6.07, 6.45) is 1.60. The van der Waals surface area contributed by atoms with Gasteiger partial charge in [0.2, 0.25) is 0 Å². The molecule has 0 fully saturated rings. The van der Waals surface area contributed by atoms with Crippen molar-refractivity contribution in [2.45, 2.75) is 6.54 Å². The van der Waals surface area contributed by atoms with Gasteiger partial charge in [0.25, 0.3) is 0 Å². The first-order valence-corrected chi connectivity index (χ1v) is 5.77. The minimum absolute atomic E-state index is 0.309. The number of nitrogens with one attached hydrogen (secondary N) is 1. The quantitative estimate of drug-likeness (QED) is 0.720. The number of nitrogens with zero attached hydrogens (tertiary/aromatic N) is 4. The Morgan fingerprint density at radius 3 is 3.00 bits per heavy atom. The number of fused-ring (bicyclic) bond motifs is 1. The number of halogens is 1. The molecule has 2 heterocycles. The molecule has 0 saturated heterocycles. The summed E-state index contributed by atoms with van der Waals surface area (Å²) in [5.41, 5.74) is 1.13. The second-order valence-electron chi connectivity index (χ2n) is 3.99. The second kappa shape index (κ2) is 4.02. The maximum atomic E-state index is 13.8. The third-order valence-corrected chi connectivity index (χ3v) is 3.01. The Hall–Kier alpha value is -2.02. The molecule has 1 N–H and O–H groups in total. The van der Waals surface area contributed by atoms with E-state index < -0.39 is 0 Å².